The SMILES string of the molecule is O=C(O)CC1C(=O)OC2C3COC(=O)c4cc(O)c(O)c(O)c4-c4c(cc(O)c(Oc5c(C(=O)O)cc(O)c(O)c5O)c4O)C(=O)OC2C(OC(=O)c2cc(O)c(O)c4c2C1C(O)C(=O)O4)C(OC(=O)c1cc(O)c(O)c(O)c1)O3. The third-order valence-corrected chi connectivity index (χ3v) is 12.8. The Hall–Kier alpha value is -11.0. The van der Waals surface area contributed by atoms with Crippen LogP contribution in [0.5, 0.6) is 92.0 Å². The summed E-state index contributed by atoms with van der Waals surface area (Å²) in [6, 6.07) is 2.31. The quantitative estimate of drug-likeness (QED) is 0.0466. The number of phenolic OH excluding ortho intramolecular Hbond substituents is 13. The maximum atomic E-state index is 15.1. The van der Waals surface area contributed by atoms with Gasteiger partial charge in [0.25, 0.3) is 0 Å². The van der Waals surface area contributed by atoms with Crippen molar-refractivity contribution in [2.75, 3.05) is 6.61 Å². The Balaban J connectivity index is 1.30. The van der Waals surface area contributed by atoms with E-state index in [1.54, 1.807) is 0 Å². The Bertz CT molecular complexity index is 3580. The highest BCUT2D eigenvalue weighted by Gasteiger charge is 2.58. The number of carboxylic acids is 2. The van der Waals surface area contributed by atoms with Crippen LogP contribution in [0.2, 0.25) is 0 Å². The fourth-order valence-corrected chi connectivity index (χ4v) is 9.12. The number of carboxylic acid groups (broad SMARTS) is 2. The number of benzene rings is 5. The van der Waals surface area contributed by atoms with Crippen LogP contribution in [0.25, 0.3) is 11.1 Å². The monoisotopic (exact) mass is 1120 g/mol. The van der Waals surface area contributed by atoms with Crippen LogP contribution in [0.1, 0.15) is 69.7 Å². The van der Waals surface area contributed by atoms with Gasteiger partial charge in [0.2, 0.25) is 41.1 Å². The van der Waals surface area contributed by atoms with Gasteiger partial charge in [0.05, 0.1) is 34.6 Å². The zero-order valence-electron chi connectivity index (χ0n) is 39.2. The molecule has 16 N–H and O–H groups in total. The molecule has 8 atom stereocenters. The van der Waals surface area contributed by atoms with E-state index in [1.165, 1.54) is 0 Å². The average Bonchev–Trinajstić information content (AvgIpc) is 3.40. The van der Waals surface area contributed by atoms with E-state index in [2.05, 4.69) is 0 Å². The Morgan fingerprint density at radius 3 is 1.75 bits per heavy atom. The van der Waals surface area contributed by atoms with Crippen LogP contribution in [-0.4, -0.2) is 173 Å². The van der Waals surface area contributed by atoms with Gasteiger partial charge in [-0.2, -0.15) is 0 Å². The molecule has 32 nitrogen and oxygen atoms in total. The summed E-state index contributed by atoms with van der Waals surface area (Å²) >= 11 is 0. The molecule has 0 aromatic heterocycles. The fourth-order valence-electron chi connectivity index (χ4n) is 9.12. The van der Waals surface area contributed by atoms with Crippen molar-refractivity contribution in [2.24, 2.45) is 5.92 Å². The molecule has 4 bridgehead atoms. The van der Waals surface area contributed by atoms with Crippen LogP contribution >= 0.6 is 0 Å². The molecule has 5 aromatic carbocycles. The van der Waals surface area contributed by atoms with Gasteiger partial charge in [0.15, 0.2) is 81.6 Å². The third-order valence-electron chi connectivity index (χ3n) is 12.8. The molecule has 4 aliphatic rings. The smallest absolute Gasteiger partial charge is 0.341 e. The molecule has 1 saturated heterocycles. The molecule has 32 heteroatoms. The van der Waals surface area contributed by atoms with Crippen LogP contribution in [0.4, 0.5) is 0 Å². The van der Waals surface area contributed by atoms with Gasteiger partial charge in [-0.3, -0.25) is 9.59 Å². The maximum absolute atomic E-state index is 15.1. The topological polar surface area (TPSA) is 534 Å². The van der Waals surface area contributed by atoms with Crippen molar-refractivity contribution in [1.29, 1.82) is 0 Å². The molecule has 4 heterocycles. The average molecular weight is 1120 g/mol. The molecule has 0 saturated carbocycles. The number of carbonyl (C=O) groups is 8. The lowest BCUT2D eigenvalue weighted by atomic mass is 9.76. The number of phenols is 13. The molecule has 418 valence electrons. The first kappa shape index (κ1) is 53.8. The molecule has 1 fully saturated rings. The van der Waals surface area contributed by atoms with Crippen molar-refractivity contribution in [2.45, 2.75) is 49.1 Å². The summed E-state index contributed by atoms with van der Waals surface area (Å²) in [7, 11) is 0. The van der Waals surface area contributed by atoms with E-state index in [9.17, 15) is 115 Å². The second-order valence-electron chi connectivity index (χ2n) is 17.6. The van der Waals surface area contributed by atoms with Crippen molar-refractivity contribution in [3.63, 3.8) is 0 Å². The predicted octanol–water partition coefficient (Wildman–Crippen LogP) is 0.900. The highest BCUT2D eigenvalue weighted by Crippen LogP contribution is 2.57. The van der Waals surface area contributed by atoms with Crippen molar-refractivity contribution >= 4 is 47.8 Å². The second kappa shape index (κ2) is 19.5. The first-order valence-electron chi connectivity index (χ1n) is 22.3. The highest BCUT2D eigenvalue weighted by molar-refractivity contribution is 6.09. The Morgan fingerprint density at radius 2 is 1.10 bits per heavy atom. The summed E-state index contributed by atoms with van der Waals surface area (Å²) in [5.41, 5.74) is -9.24. The van der Waals surface area contributed by atoms with E-state index in [4.69, 9.17) is 37.9 Å². The number of aromatic carboxylic acids is 1. The zero-order chi connectivity index (χ0) is 58.4. The number of hydrogen-bond donors (Lipinski definition) is 16. The molecule has 80 heavy (non-hydrogen) atoms. The van der Waals surface area contributed by atoms with Crippen molar-refractivity contribution in [3.05, 3.63) is 69.8 Å². The normalized spacial score (nSPS) is 22.3. The lowest BCUT2D eigenvalue weighted by Gasteiger charge is -2.44. The van der Waals surface area contributed by atoms with Gasteiger partial charge in [0, 0.05) is 28.7 Å². The number of aliphatic carboxylic acids is 1. The summed E-state index contributed by atoms with van der Waals surface area (Å²) in [4.78, 5) is 111. The fraction of sp³-hybridized carbons (Fsp3) is 0.208. The lowest BCUT2D eigenvalue weighted by Crippen LogP contribution is -2.63. The number of hydrogen-bond acceptors (Lipinski definition) is 30. The second-order valence-corrected chi connectivity index (χ2v) is 17.6. The molecule has 5 aromatic rings. The van der Waals surface area contributed by atoms with Crippen LogP contribution in [-0.2, 0) is 42.8 Å². The van der Waals surface area contributed by atoms with Crippen molar-refractivity contribution in [1.82, 2.24) is 0 Å². The van der Waals surface area contributed by atoms with E-state index >= 15 is 4.79 Å². The maximum Gasteiger partial charge on any atom is 0.341 e. The predicted molar refractivity (Wildman–Crippen MR) is 243 cm³/mol. The Labute approximate surface area is 439 Å². The lowest BCUT2D eigenvalue weighted by molar-refractivity contribution is -0.287. The van der Waals surface area contributed by atoms with Crippen molar-refractivity contribution in [3.8, 4) is 103 Å². The standard InChI is InChI=1S/C48H34O32/c49-15-1-9(2-16(50)27(15)57)42(67)80-48-40-39-37(76-46(71)13(7-22(55)56)25-26-12(45(70)79-40)4-19(53)30(60)38(26)77-47(72)33(25)63)21(74-48)8-73-43(68)10-3-17(51)28(58)31(61)23(10)24-11(44(69)78-39)5-20(54)36(32(24)62)75-35-14(41(65)66)6-18(52)29(59)34(35)64/h1-6,13,21,25,33,37,39-40,48-54,57-64H,7-8H2,(H,55,56)(H,65,66). The van der Waals surface area contributed by atoms with E-state index in [1.807, 2.05) is 0 Å². The Kier molecular flexibility index (Phi) is 13.1. The zero-order valence-corrected chi connectivity index (χ0v) is 39.2. The number of aliphatic hydroxyl groups is 1. The number of ether oxygens (including phenoxy) is 8. The first-order valence-corrected chi connectivity index (χ1v) is 22.3. The summed E-state index contributed by atoms with van der Waals surface area (Å²) < 4.78 is 44.5. The summed E-state index contributed by atoms with van der Waals surface area (Å²) in [6.07, 6.45) is -17.1. The summed E-state index contributed by atoms with van der Waals surface area (Å²) in [6.45, 7) is -1.43. The summed E-state index contributed by atoms with van der Waals surface area (Å²) in [5.74, 6) is -41.7. The molecule has 0 aliphatic carbocycles. The van der Waals surface area contributed by atoms with Gasteiger partial charge >= 0.3 is 47.8 Å². The molecule has 0 spiro atoms. The van der Waals surface area contributed by atoms with Crippen LogP contribution in [0, 0.1) is 5.92 Å². The van der Waals surface area contributed by atoms with Gasteiger partial charge in [-0.25, -0.2) is 28.8 Å². The van der Waals surface area contributed by atoms with E-state index in [0.29, 0.717) is 30.3 Å². The van der Waals surface area contributed by atoms with Gasteiger partial charge < -0.3 is 120 Å². The molecule has 4 aliphatic heterocycles. The van der Waals surface area contributed by atoms with Crippen LogP contribution in [0.3, 0.4) is 0 Å². The number of aromatic hydroxyl groups is 13. The molecule has 0 amide bonds. The van der Waals surface area contributed by atoms with E-state index < -0.39 is 246 Å². The van der Waals surface area contributed by atoms with Crippen molar-refractivity contribution < 1.29 is 158 Å². The number of rotatable bonds is 7. The minimum absolute atomic E-state index is 0.234. The number of cyclic esters (lactones) is 1. The number of fused-ring (bicyclic) bond motifs is 3. The van der Waals surface area contributed by atoms with Gasteiger partial charge in [0.1, 0.15) is 18.3 Å². The molecule has 9 rings (SSSR count). The highest BCUT2D eigenvalue weighted by atomic mass is 16.7. The number of carbonyl (C=O) groups excluding carboxylic acids is 6. The van der Waals surface area contributed by atoms with Gasteiger partial charge in [-0.05, 0) is 30.3 Å². The molecule has 0 radical (unpaired) electrons. The van der Waals surface area contributed by atoms with Gasteiger partial charge in [-0.1, -0.05) is 0 Å². The van der Waals surface area contributed by atoms with E-state index in [0.717, 1.165) is 0 Å². The largest absolute Gasteiger partial charge is 0.504 e. The third kappa shape index (κ3) is 8.80. The van der Waals surface area contributed by atoms with Crippen LogP contribution < -0.4 is 9.47 Å². The van der Waals surface area contributed by atoms with Crippen LogP contribution in [0.15, 0.2) is 36.4 Å². The first-order chi connectivity index (χ1) is 37.6. The number of aliphatic hydroxyl groups excluding tert-OH is 1. The summed E-state index contributed by atoms with van der Waals surface area (Å²) in [5, 5.41) is 171. The Morgan fingerprint density at radius 1 is 0.550 bits per heavy atom. The number of esters is 6. The minimum Gasteiger partial charge on any atom is -0.504 e. The van der Waals surface area contributed by atoms with Gasteiger partial charge in [-0.15, -0.1) is 0 Å². The van der Waals surface area contributed by atoms with E-state index in [-0.39, 0.29) is 6.07 Å². The molecule has 8 unspecified atom stereocenters. The minimum atomic E-state index is -2.72. The molecular formula is C48H34O32. The molecular weight excluding hydrogens is 1090 g/mol.